The van der Waals surface area contributed by atoms with Crippen LogP contribution in [0.5, 0.6) is 0 Å². The number of carboxylic acids is 1. The summed E-state index contributed by atoms with van der Waals surface area (Å²) in [4.78, 5) is 31.4. The number of esters is 2. The van der Waals surface area contributed by atoms with Gasteiger partial charge in [0.25, 0.3) is 0 Å². The molecule has 0 rings (SSSR count). The molecule has 0 atom stereocenters. The minimum Gasteiger partial charge on any atom is -0.478 e. The van der Waals surface area contributed by atoms with Crippen LogP contribution in [0.25, 0.3) is 0 Å². The van der Waals surface area contributed by atoms with Gasteiger partial charge in [0.2, 0.25) is 0 Å². The van der Waals surface area contributed by atoms with E-state index < -0.39 is 5.97 Å². The number of carbonyl (C=O) groups excluding carboxylic acids is 2. The number of allylic oxidation sites excluding steroid dienone is 1. The Labute approximate surface area is 163 Å². The van der Waals surface area contributed by atoms with Gasteiger partial charge in [-0.05, 0) is 40.0 Å². The first-order valence-corrected chi connectivity index (χ1v) is 8.80. The van der Waals surface area contributed by atoms with Crippen molar-refractivity contribution in [2.45, 2.75) is 61.3 Å². The lowest BCUT2D eigenvalue weighted by molar-refractivity contribution is -0.139. The van der Waals surface area contributed by atoms with Gasteiger partial charge in [-0.1, -0.05) is 45.9 Å². The van der Waals surface area contributed by atoms with Crippen LogP contribution in [0.1, 0.15) is 61.3 Å². The van der Waals surface area contributed by atoms with Crippen molar-refractivity contribution >= 4 is 17.9 Å². The van der Waals surface area contributed by atoms with E-state index in [4.69, 9.17) is 9.84 Å². The Hall–Kier alpha value is -2.37. The Balaban J connectivity index is -0.000000326. The Morgan fingerprint density at radius 2 is 1.41 bits per heavy atom. The van der Waals surface area contributed by atoms with E-state index in [1.807, 2.05) is 27.7 Å². The van der Waals surface area contributed by atoms with E-state index in [0.29, 0.717) is 23.3 Å². The van der Waals surface area contributed by atoms with Crippen LogP contribution >= 0.6 is 0 Å². The molecule has 0 fully saturated rings. The van der Waals surface area contributed by atoms with Crippen molar-refractivity contribution < 1.29 is 29.0 Å². The zero-order valence-electron chi connectivity index (χ0n) is 18.1. The van der Waals surface area contributed by atoms with Gasteiger partial charge in [0.1, 0.15) is 0 Å². The maximum absolute atomic E-state index is 10.7. The highest BCUT2D eigenvalue weighted by Crippen LogP contribution is 2.13. The molecule has 0 radical (unpaired) electrons. The lowest BCUT2D eigenvalue weighted by Crippen LogP contribution is -2.08. The molecule has 6 heteroatoms. The van der Waals surface area contributed by atoms with E-state index in [-0.39, 0.29) is 17.9 Å². The molecule has 0 amide bonds. The number of carbonyl (C=O) groups is 3. The summed E-state index contributed by atoms with van der Waals surface area (Å²) in [6.07, 6.45) is 1.97. The molecule has 0 saturated carbocycles. The molecule has 0 aliphatic carbocycles. The van der Waals surface area contributed by atoms with Gasteiger partial charge in [0.15, 0.2) is 0 Å². The zero-order valence-corrected chi connectivity index (χ0v) is 18.1. The first-order chi connectivity index (χ1) is 12.3. The third-order valence-corrected chi connectivity index (χ3v) is 2.96. The van der Waals surface area contributed by atoms with Crippen molar-refractivity contribution in [1.82, 2.24) is 0 Å². The number of carboxylic acid groups (broad SMARTS) is 1. The van der Waals surface area contributed by atoms with Crippen molar-refractivity contribution in [2.24, 2.45) is 5.92 Å². The molecule has 0 bridgehead atoms. The normalized spacial score (nSPS) is 8.93. The SMILES string of the molecule is C=C(C)C(=O)OC.C=C(C)C(=O)OCCCC.CC(C)=C(C(=O)O)C(C)C. The number of hydrogen-bond acceptors (Lipinski definition) is 5. The lowest BCUT2D eigenvalue weighted by Gasteiger charge is -2.07. The number of aliphatic carboxylic acids is 1. The van der Waals surface area contributed by atoms with Gasteiger partial charge in [0.05, 0.1) is 13.7 Å². The maximum atomic E-state index is 10.7. The van der Waals surface area contributed by atoms with E-state index in [0.717, 1.165) is 18.4 Å². The predicted octanol–water partition coefficient (Wildman–Crippen LogP) is 4.70. The van der Waals surface area contributed by atoms with E-state index in [1.165, 1.54) is 7.11 Å². The monoisotopic (exact) mass is 384 g/mol. The summed E-state index contributed by atoms with van der Waals surface area (Å²) in [5.41, 5.74) is 2.32. The second-order valence-electron chi connectivity index (χ2n) is 6.42. The van der Waals surface area contributed by atoms with Crippen LogP contribution in [0.15, 0.2) is 35.5 Å². The molecule has 156 valence electrons. The molecule has 0 heterocycles. The van der Waals surface area contributed by atoms with Crippen LogP contribution in [0.4, 0.5) is 0 Å². The smallest absolute Gasteiger partial charge is 0.333 e. The molecule has 27 heavy (non-hydrogen) atoms. The van der Waals surface area contributed by atoms with E-state index >= 15 is 0 Å². The second-order valence-corrected chi connectivity index (χ2v) is 6.42. The van der Waals surface area contributed by atoms with Crippen LogP contribution in [-0.4, -0.2) is 36.7 Å². The van der Waals surface area contributed by atoms with Crippen LogP contribution in [-0.2, 0) is 23.9 Å². The highest BCUT2D eigenvalue weighted by atomic mass is 16.5. The molecular formula is C21H36O6. The first kappa shape index (κ1) is 29.4. The molecule has 1 N–H and O–H groups in total. The summed E-state index contributed by atoms with van der Waals surface area (Å²) in [5, 5.41) is 8.66. The fourth-order valence-corrected chi connectivity index (χ4v) is 1.64. The molecule has 0 aliphatic rings. The number of rotatable bonds is 7. The number of unbranched alkanes of at least 4 members (excludes halogenated alkanes) is 1. The van der Waals surface area contributed by atoms with Crippen molar-refractivity contribution in [2.75, 3.05) is 13.7 Å². The van der Waals surface area contributed by atoms with Gasteiger partial charge >= 0.3 is 17.9 Å². The Kier molecular flexibility index (Phi) is 18.6. The Bertz CT molecular complexity index is 537. The number of ether oxygens (including phenoxy) is 2. The van der Waals surface area contributed by atoms with Gasteiger partial charge in [-0.3, -0.25) is 0 Å². The van der Waals surface area contributed by atoms with Crippen molar-refractivity contribution in [3.63, 3.8) is 0 Å². The highest BCUT2D eigenvalue weighted by molar-refractivity contribution is 5.88. The average Bonchev–Trinajstić information content (AvgIpc) is 2.53. The number of hydrogen-bond donors (Lipinski definition) is 1. The second kappa shape index (κ2) is 17.1. The quantitative estimate of drug-likeness (QED) is 0.388. The lowest BCUT2D eigenvalue weighted by atomic mass is 9.99. The van der Waals surface area contributed by atoms with Gasteiger partial charge in [-0.15, -0.1) is 0 Å². The van der Waals surface area contributed by atoms with Crippen molar-refractivity contribution in [1.29, 1.82) is 0 Å². The zero-order chi connectivity index (χ0) is 22.2. The Morgan fingerprint density at radius 3 is 1.56 bits per heavy atom. The molecule has 6 nitrogen and oxygen atoms in total. The topological polar surface area (TPSA) is 89.9 Å². The molecule has 0 aliphatic heterocycles. The third kappa shape index (κ3) is 18.2. The van der Waals surface area contributed by atoms with Crippen LogP contribution in [0.2, 0.25) is 0 Å². The minimum atomic E-state index is -0.796. The molecular weight excluding hydrogens is 348 g/mol. The highest BCUT2D eigenvalue weighted by Gasteiger charge is 2.12. The molecule has 0 unspecified atom stereocenters. The summed E-state index contributed by atoms with van der Waals surface area (Å²) in [5.74, 6) is -1.31. The van der Waals surface area contributed by atoms with Gasteiger partial charge in [-0.2, -0.15) is 0 Å². The van der Waals surface area contributed by atoms with Crippen molar-refractivity contribution in [3.05, 3.63) is 35.5 Å². The van der Waals surface area contributed by atoms with E-state index in [9.17, 15) is 14.4 Å². The maximum Gasteiger partial charge on any atom is 0.333 e. The fourth-order valence-electron chi connectivity index (χ4n) is 1.64. The minimum absolute atomic E-state index is 0.113. The van der Waals surface area contributed by atoms with Crippen LogP contribution < -0.4 is 0 Å². The van der Waals surface area contributed by atoms with E-state index in [1.54, 1.807) is 13.8 Å². The van der Waals surface area contributed by atoms with E-state index in [2.05, 4.69) is 24.8 Å². The third-order valence-electron chi connectivity index (χ3n) is 2.96. The molecule has 0 saturated heterocycles. The largest absolute Gasteiger partial charge is 0.478 e. The van der Waals surface area contributed by atoms with Crippen LogP contribution in [0, 0.1) is 5.92 Å². The summed E-state index contributed by atoms with van der Waals surface area (Å²) in [6, 6.07) is 0. The standard InChI is InChI=1S/2C8H14O2.C5H8O2/c1-5(2)7(6(3)4)8(9)10;1-4-5-6-10-8(9)7(2)3;1-4(2)5(6)7-3/h5H,1-4H3,(H,9,10);2,4-6H2,1,3H3;1H2,2-3H3. The van der Waals surface area contributed by atoms with Crippen molar-refractivity contribution in [3.8, 4) is 0 Å². The first-order valence-electron chi connectivity index (χ1n) is 8.80. The average molecular weight is 385 g/mol. The Morgan fingerprint density at radius 1 is 0.963 bits per heavy atom. The fraction of sp³-hybridized carbons (Fsp3) is 0.571. The molecule has 0 aromatic rings. The summed E-state index contributed by atoms with van der Waals surface area (Å²) >= 11 is 0. The molecule has 0 aromatic heterocycles. The van der Waals surface area contributed by atoms with Gasteiger partial charge < -0.3 is 14.6 Å². The molecule has 0 aromatic carbocycles. The number of methoxy groups -OCH3 is 1. The van der Waals surface area contributed by atoms with Crippen LogP contribution in [0.3, 0.4) is 0 Å². The summed E-state index contributed by atoms with van der Waals surface area (Å²) in [6.45, 7) is 20.0. The summed E-state index contributed by atoms with van der Waals surface area (Å²) in [7, 11) is 1.33. The summed E-state index contributed by atoms with van der Waals surface area (Å²) < 4.78 is 9.08. The predicted molar refractivity (Wildman–Crippen MR) is 108 cm³/mol. The van der Waals surface area contributed by atoms with Gasteiger partial charge in [-0.25, -0.2) is 14.4 Å². The molecule has 0 spiro atoms. The van der Waals surface area contributed by atoms with Gasteiger partial charge in [0, 0.05) is 16.7 Å².